The van der Waals surface area contributed by atoms with Gasteiger partial charge in [-0.3, -0.25) is 0 Å². The van der Waals surface area contributed by atoms with Crippen LogP contribution in [-0.2, 0) is 0 Å². The summed E-state index contributed by atoms with van der Waals surface area (Å²) in [5.41, 5.74) is 10.7. The van der Waals surface area contributed by atoms with E-state index in [2.05, 4.69) is 143 Å². The molecular formula is C43H25N3O. The Morgan fingerprint density at radius 1 is 0.447 bits per heavy atom. The average Bonchev–Trinajstić information content (AvgIpc) is 3.79. The Kier molecular flexibility index (Phi) is 5.32. The standard InChI is InChI=1S/C43H25N3O/c44-26-27-21-22-32(30-13-3-8-18-38(30)45-36-16-6-1-11-28(36)29-12-2-7-17-37(29)45)40(25-27)46-39-19-9-4-14-31(39)34-23-24-35-33-15-5-10-20-41(33)47-43(35)42(34)46/h1-25H. The fourth-order valence-electron chi connectivity index (χ4n) is 7.57. The highest BCUT2D eigenvalue weighted by molar-refractivity contribution is 6.21. The number of nitrogens with zero attached hydrogens (tertiary/aromatic N) is 3. The van der Waals surface area contributed by atoms with Crippen LogP contribution in [0.25, 0.3) is 88.1 Å². The second-order valence-electron chi connectivity index (χ2n) is 12.0. The van der Waals surface area contributed by atoms with Crippen molar-refractivity contribution < 1.29 is 4.42 Å². The molecule has 3 heterocycles. The van der Waals surface area contributed by atoms with Gasteiger partial charge in [-0.1, -0.05) is 103 Å². The number of furan rings is 1. The minimum atomic E-state index is 0.598. The van der Waals surface area contributed by atoms with Crippen LogP contribution < -0.4 is 0 Å². The van der Waals surface area contributed by atoms with Crippen molar-refractivity contribution in [2.75, 3.05) is 0 Å². The number of hydrogen-bond acceptors (Lipinski definition) is 2. The van der Waals surface area contributed by atoms with E-state index < -0.39 is 0 Å². The van der Waals surface area contributed by atoms with Gasteiger partial charge in [-0.05, 0) is 48.5 Å². The molecule has 0 amide bonds. The van der Waals surface area contributed by atoms with Crippen LogP contribution in [0.4, 0.5) is 0 Å². The summed E-state index contributed by atoms with van der Waals surface area (Å²) in [6, 6.07) is 55.3. The van der Waals surface area contributed by atoms with Gasteiger partial charge in [-0.2, -0.15) is 5.26 Å². The summed E-state index contributed by atoms with van der Waals surface area (Å²) < 4.78 is 11.3. The first-order chi connectivity index (χ1) is 23.3. The van der Waals surface area contributed by atoms with E-state index in [0.29, 0.717) is 5.56 Å². The highest BCUT2D eigenvalue weighted by atomic mass is 16.3. The second-order valence-corrected chi connectivity index (χ2v) is 12.0. The first-order valence-corrected chi connectivity index (χ1v) is 15.8. The Hall–Kier alpha value is -6.57. The Morgan fingerprint density at radius 3 is 1.72 bits per heavy atom. The maximum atomic E-state index is 10.2. The summed E-state index contributed by atoms with van der Waals surface area (Å²) in [5, 5.41) is 17.0. The molecule has 3 aromatic heterocycles. The Labute approximate surface area is 269 Å². The summed E-state index contributed by atoms with van der Waals surface area (Å²) in [4.78, 5) is 0. The molecule has 218 valence electrons. The quantitative estimate of drug-likeness (QED) is 0.203. The van der Waals surface area contributed by atoms with E-state index in [1.807, 2.05) is 24.3 Å². The molecule has 0 aliphatic heterocycles. The molecule has 0 radical (unpaired) electrons. The van der Waals surface area contributed by atoms with E-state index in [9.17, 15) is 5.26 Å². The zero-order valence-electron chi connectivity index (χ0n) is 25.2. The maximum Gasteiger partial charge on any atom is 0.160 e. The minimum absolute atomic E-state index is 0.598. The molecule has 0 saturated carbocycles. The molecule has 0 unspecified atom stereocenters. The Balaban J connectivity index is 1.35. The lowest BCUT2D eigenvalue weighted by Gasteiger charge is -2.18. The summed E-state index contributed by atoms with van der Waals surface area (Å²) in [5.74, 6) is 0. The van der Waals surface area contributed by atoms with Crippen LogP contribution in [0.5, 0.6) is 0 Å². The number of fused-ring (bicyclic) bond motifs is 10. The van der Waals surface area contributed by atoms with Gasteiger partial charge in [-0.25, -0.2) is 0 Å². The summed E-state index contributed by atoms with van der Waals surface area (Å²) >= 11 is 0. The highest BCUT2D eigenvalue weighted by Gasteiger charge is 2.23. The first kappa shape index (κ1) is 25.7. The third-order valence-corrected chi connectivity index (χ3v) is 9.56. The van der Waals surface area contributed by atoms with Crippen LogP contribution in [0, 0.1) is 11.3 Å². The van der Waals surface area contributed by atoms with Crippen molar-refractivity contribution in [2.24, 2.45) is 0 Å². The van der Waals surface area contributed by atoms with Crippen LogP contribution in [0.2, 0.25) is 0 Å². The lowest BCUT2D eigenvalue weighted by molar-refractivity contribution is 0.671. The largest absolute Gasteiger partial charge is 0.454 e. The molecule has 10 rings (SSSR count). The second kappa shape index (κ2) is 9.71. The summed E-state index contributed by atoms with van der Waals surface area (Å²) in [6.45, 7) is 0. The summed E-state index contributed by atoms with van der Waals surface area (Å²) in [7, 11) is 0. The number of benzene rings is 7. The molecule has 4 heteroatoms. The van der Waals surface area contributed by atoms with E-state index in [1.165, 1.54) is 10.8 Å². The molecule has 0 atom stereocenters. The van der Waals surface area contributed by atoms with Crippen molar-refractivity contribution in [1.29, 1.82) is 5.26 Å². The molecule has 0 spiro atoms. The van der Waals surface area contributed by atoms with Gasteiger partial charge in [-0.15, -0.1) is 0 Å². The van der Waals surface area contributed by atoms with Crippen LogP contribution >= 0.6 is 0 Å². The zero-order valence-corrected chi connectivity index (χ0v) is 25.2. The van der Waals surface area contributed by atoms with Gasteiger partial charge in [0.1, 0.15) is 5.58 Å². The number of hydrogen-bond donors (Lipinski definition) is 0. The van der Waals surface area contributed by atoms with Gasteiger partial charge in [0.05, 0.1) is 45.1 Å². The molecule has 0 aliphatic carbocycles. The lowest BCUT2D eigenvalue weighted by atomic mass is 9.99. The number of para-hydroxylation sites is 5. The van der Waals surface area contributed by atoms with Crippen molar-refractivity contribution in [1.82, 2.24) is 9.13 Å². The number of aromatic nitrogens is 2. The lowest BCUT2D eigenvalue weighted by Crippen LogP contribution is -2.02. The predicted molar refractivity (Wildman–Crippen MR) is 193 cm³/mol. The smallest absolute Gasteiger partial charge is 0.160 e. The molecule has 0 bridgehead atoms. The van der Waals surface area contributed by atoms with E-state index in [4.69, 9.17) is 4.42 Å². The van der Waals surface area contributed by atoms with Crippen LogP contribution in [0.3, 0.4) is 0 Å². The van der Waals surface area contributed by atoms with E-state index >= 15 is 0 Å². The predicted octanol–water partition coefficient (Wildman–Crippen LogP) is 11.3. The van der Waals surface area contributed by atoms with Gasteiger partial charge in [0, 0.05) is 43.4 Å². The van der Waals surface area contributed by atoms with E-state index in [0.717, 1.165) is 77.3 Å². The van der Waals surface area contributed by atoms with Crippen molar-refractivity contribution in [3.63, 3.8) is 0 Å². The van der Waals surface area contributed by atoms with Crippen molar-refractivity contribution >= 4 is 65.6 Å². The molecule has 4 nitrogen and oxygen atoms in total. The normalized spacial score (nSPS) is 11.8. The zero-order chi connectivity index (χ0) is 31.1. The van der Waals surface area contributed by atoms with Crippen LogP contribution in [-0.4, -0.2) is 9.13 Å². The fourth-order valence-corrected chi connectivity index (χ4v) is 7.57. The van der Waals surface area contributed by atoms with Crippen molar-refractivity contribution in [2.45, 2.75) is 0 Å². The number of nitriles is 1. The summed E-state index contributed by atoms with van der Waals surface area (Å²) in [6.07, 6.45) is 0. The average molecular weight is 600 g/mol. The molecule has 47 heavy (non-hydrogen) atoms. The van der Waals surface area contributed by atoms with Gasteiger partial charge >= 0.3 is 0 Å². The van der Waals surface area contributed by atoms with Gasteiger partial charge in [0.15, 0.2) is 5.58 Å². The molecule has 0 aliphatic rings. The third kappa shape index (κ3) is 3.57. The fraction of sp³-hybridized carbons (Fsp3) is 0. The molecule has 0 saturated heterocycles. The first-order valence-electron chi connectivity index (χ1n) is 15.8. The van der Waals surface area contributed by atoms with Crippen molar-refractivity contribution in [3.8, 4) is 28.6 Å². The SMILES string of the molecule is N#Cc1ccc(-c2ccccc2-n2c3ccccc3c3ccccc32)c(-n2c3ccccc3c3ccc4c5ccccc5oc4c32)c1. The van der Waals surface area contributed by atoms with Crippen LogP contribution in [0.1, 0.15) is 5.56 Å². The van der Waals surface area contributed by atoms with Crippen molar-refractivity contribution in [3.05, 3.63) is 157 Å². The van der Waals surface area contributed by atoms with Gasteiger partial charge in [0.25, 0.3) is 0 Å². The van der Waals surface area contributed by atoms with Gasteiger partial charge < -0.3 is 13.6 Å². The maximum absolute atomic E-state index is 10.2. The molecular weight excluding hydrogens is 574 g/mol. The monoisotopic (exact) mass is 599 g/mol. The number of rotatable bonds is 3. The molecule has 0 fully saturated rings. The highest BCUT2D eigenvalue weighted by Crippen LogP contribution is 2.43. The topological polar surface area (TPSA) is 46.8 Å². The minimum Gasteiger partial charge on any atom is -0.454 e. The van der Waals surface area contributed by atoms with Gasteiger partial charge in [0.2, 0.25) is 0 Å². The molecule has 7 aromatic carbocycles. The molecule has 10 aromatic rings. The molecule has 0 N–H and O–H groups in total. The van der Waals surface area contributed by atoms with Crippen LogP contribution in [0.15, 0.2) is 156 Å². The van der Waals surface area contributed by atoms with E-state index in [-0.39, 0.29) is 0 Å². The Bertz CT molecular complexity index is 2880. The Morgan fingerprint density at radius 2 is 1.00 bits per heavy atom. The van der Waals surface area contributed by atoms with E-state index in [1.54, 1.807) is 0 Å². The third-order valence-electron chi connectivity index (χ3n) is 9.56.